The van der Waals surface area contributed by atoms with Crippen molar-refractivity contribution in [3.05, 3.63) is 107 Å². The van der Waals surface area contributed by atoms with Crippen LogP contribution in [0.5, 0.6) is 0 Å². The maximum absolute atomic E-state index is 14.9. The highest BCUT2D eigenvalue weighted by Gasteiger charge is 2.36. The Kier molecular flexibility index (Phi) is 7.45. The minimum Gasteiger partial charge on any atom is -0.326 e. The fourth-order valence-corrected chi connectivity index (χ4v) is 4.29. The Bertz CT molecular complexity index is 1470. The van der Waals surface area contributed by atoms with Crippen LogP contribution in [0.25, 0.3) is 5.69 Å². The number of alkyl halides is 3. The van der Waals surface area contributed by atoms with Crippen LogP contribution in [0.4, 0.5) is 23.2 Å². The SMILES string of the molecule is NCc1cccc(-n2nc(C(F)(F)F)cc2C(=O)Nc2cc(C(NCC3CC3)c3ccncc3)ccc2F)c1. The van der Waals surface area contributed by atoms with Gasteiger partial charge in [-0.3, -0.25) is 9.78 Å². The minimum absolute atomic E-state index is 0.147. The number of nitrogens with two attached hydrogens (primary N) is 1. The van der Waals surface area contributed by atoms with Gasteiger partial charge < -0.3 is 16.4 Å². The van der Waals surface area contributed by atoms with Crippen molar-refractivity contribution >= 4 is 11.6 Å². The first-order valence-corrected chi connectivity index (χ1v) is 12.4. The first kappa shape index (κ1) is 26.5. The maximum Gasteiger partial charge on any atom is 0.435 e. The molecule has 1 saturated carbocycles. The zero-order chi connectivity index (χ0) is 27.6. The number of hydrogen-bond acceptors (Lipinski definition) is 5. The van der Waals surface area contributed by atoms with Crippen LogP contribution in [0.1, 0.15) is 51.8 Å². The third-order valence-electron chi connectivity index (χ3n) is 6.54. The summed E-state index contributed by atoms with van der Waals surface area (Å²) in [5, 5.41) is 9.57. The van der Waals surface area contributed by atoms with Gasteiger partial charge in [-0.15, -0.1) is 0 Å². The highest BCUT2D eigenvalue weighted by Crippen LogP contribution is 2.32. The summed E-state index contributed by atoms with van der Waals surface area (Å²) in [7, 11) is 0. The van der Waals surface area contributed by atoms with Gasteiger partial charge in [-0.2, -0.15) is 18.3 Å². The lowest BCUT2D eigenvalue weighted by Crippen LogP contribution is -2.25. The van der Waals surface area contributed by atoms with E-state index in [9.17, 15) is 22.4 Å². The van der Waals surface area contributed by atoms with Crippen LogP contribution in [-0.2, 0) is 12.7 Å². The van der Waals surface area contributed by atoms with E-state index in [0.29, 0.717) is 23.1 Å². The fraction of sp³-hybridized carbons (Fsp3) is 0.250. The van der Waals surface area contributed by atoms with E-state index in [2.05, 4.69) is 20.7 Å². The Morgan fingerprint density at radius 2 is 1.82 bits per heavy atom. The van der Waals surface area contributed by atoms with Crippen LogP contribution < -0.4 is 16.4 Å². The van der Waals surface area contributed by atoms with Gasteiger partial charge in [0.05, 0.1) is 17.4 Å². The van der Waals surface area contributed by atoms with Crippen LogP contribution in [0.2, 0.25) is 0 Å². The lowest BCUT2D eigenvalue weighted by Gasteiger charge is -2.21. The van der Waals surface area contributed by atoms with Gasteiger partial charge in [-0.1, -0.05) is 18.2 Å². The molecule has 4 aromatic rings. The summed E-state index contributed by atoms with van der Waals surface area (Å²) in [4.78, 5) is 17.3. The second-order valence-electron chi connectivity index (χ2n) is 9.46. The normalized spacial score (nSPS) is 14.3. The summed E-state index contributed by atoms with van der Waals surface area (Å²) in [6.07, 6.45) is 0.811. The van der Waals surface area contributed by atoms with E-state index in [1.54, 1.807) is 30.6 Å². The van der Waals surface area contributed by atoms with E-state index in [0.717, 1.165) is 29.6 Å². The number of benzene rings is 2. The lowest BCUT2D eigenvalue weighted by atomic mass is 9.98. The molecule has 2 heterocycles. The minimum atomic E-state index is -4.79. The molecule has 0 spiro atoms. The molecule has 4 N–H and O–H groups in total. The second-order valence-corrected chi connectivity index (χ2v) is 9.46. The molecule has 2 aromatic heterocycles. The third kappa shape index (κ3) is 6.15. The quantitative estimate of drug-likeness (QED) is 0.254. The molecule has 1 fully saturated rings. The van der Waals surface area contributed by atoms with Gasteiger partial charge in [-0.05, 0) is 78.4 Å². The molecule has 202 valence electrons. The predicted molar refractivity (Wildman–Crippen MR) is 138 cm³/mol. The largest absolute Gasteiger partial charge is 0.435 e. The molecule has 0 saturated heterocycles. The van der Waals surface area contributed by atoms with Crippen molar-refractivity contribution in [3.63, 3.8) is 0 Å². The summed E-state index contributed by atoms with van der Waals surface area (Å²) in [6.45, 7) is 0.918. The molecule has 1 unspecified atom stereocenters. The first-order valence-electron chi connectivity index (χ1n) is 12.4. The Morgan fingerprint density at radius 3 is 2.51 bits per heavy atom. The topological polar surface area (TPSA) is 97.9 Å². The maximum atomic E-state index is 14.9. The molecule has 5 rings (SSSR count). The Hall–Kier alpha value is -4.09. The Morgan fingerprint density at radius 1 is 1.05 bits per heavy atom. The summed E-state index contributed by atoms with van der Waals surface area (Å²) in [6, 6.07) is 14.7. The van der Waals surface area contributed by atoms with Crippen molar-refractivity contribution in [2.75, 3.05) is 11.9 Å². The van der Waals surface area contributed by atoms with Crippen LogP contribution in [0.15, 0.2) is 73.1 Å². The van der Waals surface area contributed by atoms with E-state index in [1.165, 1.54) is 24.3 Å². The molecule has 1 atom stereocenters. The lowest BCUT2D eigenvalue weighted by molar-refractivity contribution is -0.141. The number of amides is 1. The van der Waals surface area contributed by atoms with Crippen LogP contribution in [0, 0.1) is 11.7 Å². The molecule has 1 amide bonds. The molecule has 1 aliphatic carbocycles. The van der Waals surface area contributed by atoms with Crippen molar-refractivity contribution in [1.29, 1.82) is 0 Å². The van der Waals surface area contributed by atoms with Crippen LogP contribution >= 0.6 is 0 Å². The third-order valence-corrected chi connectivity index (χ3v) is 6.54. The van der Waals surface area contributed by atoms with Crippen molar-refractivity contribution in [1.82, 2.24) is 20.1 Å². The van der Waals surface area contributed by atoms with E-state index >= 15 is 0 Å². The average Bonchev–Trinajstić information content (AvgIpc) is 3.64. The zero-order valence-corrected chi connectivity index (χ0v) is 20.8. The van der Waals surface area contributed by atoms with Crippen molar-refractivity contribution in [3.8, 4) is 5.69 Å². The average molecular weight is 539 g/mol. The number of pyridine rings is 1. The van der Waals surface area contributed by atoms with E-state index in [4.69, 9.17) is 5.73 Å². The first-order chi connectivity index (χ1) is 18.7. The zero-order valence-electron chi connectivity index (χ0n) is 20.8. The Labute approximate surface area is 222 Å². The van der Waals surface area contributed by atoms with Gasteiger partial charge in [0.25, 0.3) is 5.91 Å². The molecule has 1 aliphatic rings. The van der Waals surface area contributed by atoms with Gasteiger partial charge in [0.2, 0.25) is 0 Å². The fourth-order valence-electron chi connectivity index (χ4n) is 4.29. The molecular weight excluding hydrogens is 512 g/mol. The highest BCUT2D eigenvalue weighted by atomic mass is 19.4. The van der Waals surface area contributed by atoms with Gasteiger partial charge >= 0.3 is 6.18 Å². The molecule has 0 aliphatic heterocycles. The van der Waals surface area contributed by atoms with E-state index in [-0.39, 0.29) is 24.0 Å². The smallest absolute Gasteiger partial charge is 0.326 e. The molecule has 39 heavy (non-hydrogen) atoms. The Balaban J connectivity index is 1.48. The summed E-state index contributed by atoms with van der Waals surface area (Å²) in [5.41, 5.74) is 6.30. The number of hydrogen-bond donors (Lipinski definition) is 3. The number of carbonyl (C=O) groups is 1. The van der Waals surface area contributed by atoms with Gasteiger partial charge in [-0.25, -0.2) is 9.07 Å². The van der Waals surface area contributed by atoms with Crippen molar-refractivity contribution in [2.24, 2.45) is 11.7 Å². The highest BCUT2D eigenvalue weighted by molar-refractivity contribution is 6.03. The number of nitrogens with zero attached hydrogens (tertiary/aromatic N) is 3. The summed E-state index contributed by atoms with van der Waals surface area (Å²) in [5.74, 6) is -1.09. The molecule has 11 heteroatoms. The molecule has 7 nitrogen and oxygen atoms in total. The number of nitrogens with one attached hydrogen (secondary N) is 2. The van der Waals surface area contributed by atoms with Crippen LogP contribution in [0.3, 0.4) is 0 Å². The summed E-state index contributed by atoms with van der Waals surface area (Å²) < 4.78 is 56.4. The second kappa shape index (κ2) is 11.0. The molecule has 0 bridgehead atoms. The van der Waals surface area contributed by atoms with Crippen molar-refractivity contribution < 1.29 is 22.4 Å². The number of halogens is 4. The molecular formula is C28H26F4N6O. The van der Waals surface area contributed by atoms with Gasteiger partial charge in [0.15, 0.2) is 5.69 Å². The number of rotatable bonds is 9. The van der Waals surface area contributed by atoms with Crippen molar-refractivity contribution in [2.45, 2.75) is 31.6 Å². The van der Waals surface area contributed by atoms with Crippen LogP contribution in [-0.4, -0.2) is 27.2 Å². The number of carbonyl (C=O) groups excluding carboxylic acids is 1. The molecule has 2 aromatic carbocycles. The summed E-state index contributed by atoms with van der Waals surface area (Å²) >= 11 is 0. The number of anilines is 1. The number of aromatic nitrogens is 3. The van der Waals surface area contributed by atoms with E-state index < -0.39 is 29.3 Å². The predicted octanol–water partition coefficient (Wildman–Crippen LogP) is 5.23. The molecule has 0 radical (unpaired) electrons. The standard InChI is InChI=1S/C28H26F4N6O/c29-22-7-6-20(26(35-16-17-4-5-17)19-8-10-34-11-9-19)13-23(22)36-27(39)24-14-25(28(30,31)32)37-38(24)21-3-1-2-18(12-21)15-33/h1-3,6-14,17,26,35H,4-5,15-16,33H2,(H,36,39). The monoisotopic (exact) mass is 538 g/mol. The van der Waals surface area contributed by atoms with Gasteiger partial charge in [0, 0.05) is 25.0 Å². The van der Waals surface area contributed by atoms with Gasteiger partial charge in [0.1, 0.15) is 11.5 Å². The van der Waals surface area contributed by atoms with E-state index in [1.807, 2.05) is 12.1 Å².